The Kier molecular flexibility index (Phi) is 5.64. The van der Waals surface area contributed by atoms with E-state index in [0.717, 1.165) is 18.9 Å². The molecule has 0 aliphatic heterocycles. The number of carbonyl (C=O) groups is 1. The lowest BCUT2D eigenvalue weighted by molar-refractivity contribution is -0.121. The lowest BCUT2D eigenvalue weighted by Crippen LogP contribution is -2.36. The first-order chi connectivity index (χ1) is 8.28. The highest BCUT2D eigenvalue weighted by molar-refractivity contribution is 5.76. The molecule has 3 nitrogen and oxygen atoms in total. The van der Waals surface area contributed by atoms with E-state index in [9.17, 15) is 4.79 Å². The third-order valence-corrected chi connectivity index (χ3v) is 3.92. The Morgan fingerprint density at radius 1 is 1.39 bits per heavy atom. The molecule has 1 aliphatic carbocycles. The van der Waals surface area contributed by atoms with Crippen molar-refractivity contribution >= 4 is 5.91 Å². The van der Waals surface area contributed by atoms with Crippen molar-refractivity contribution in [2.75, 3.05) is 6.54 Å². The van der Waals surface area contributed by atoms with Crippen LogP contribution in [-0.4, -0.2) is 18.5 Å². The quantitative estimate of drug-likeness (QED) is 0.792. The molecule has 0 heterocycles. The average Bonchev–Trinajstić information content (AvgIpc) is 2.57. The third-order valence-electron chi connectivity index (χ3n) is 3.92. The standard InChI is InChI=1S/C15H30N2O/c1-11-6-5-7-12(11)10-17-14(18)8-13(16)9-15(2,3)4/h11-13H,5-10,16H2,1-4H3,(H,17,18). The van der Waals surface area contributed by atoms with Crippen molar-refractivity contribution in [3.63, 3.8) is 0 Å². The Balaban J connectivity index is 2.21. The van der Waals surface area contributed by atoms with E-state index in [2.05, 4.69) is 33.0 Å². The van der Waals surface area contributed by atoms with E-state index < -0.39 is 0 Å². The Bertz CT molecular complexity index is 270. The van der Waals surface area contributed by atoms with Gasteiger partial charge in [-0.3, -0.25) is 4.79 Å². The fraction of sp³-hybridized carbons (Fsp3) is 0.933. The molecule has 0 aromatic heterocycles. The van der Waals surface area contributed by atoms with Gasteiger partial charge in [0.15, 0.2) is 0 Å². The average molecular weight is 254 g/mol. The molecule has 0 aromatic rings. The summed E-state index contributed by atoms with van der Waals surface area (Å²) >= 11 is 0. The Morgan fingerprint density at radius 3 is 2.56 bits per heavy atom. The van der Waals surface area contributed by atoms with Crippen molar-refractivity contribution < 1.29 is 4.79 Å². The predicted molar refractivity (Wildman–Crippen MR) is 76.2 cm³/mol. The molecule has 106 valence electrons. The summed E-state index contributed by atoms with van der Waals surface area (Å²) in [5.74, 6) is 1.55. The second-order valence-corrected chi connectivity index (χ2v) is 7.20. The number of carbonyl (C=O) groups excluding carboxylic acids is 1. The van der Waals surface area contributed by atoms with E-state index in [4.69, 9.17) is 5.73 Å². The maximum atomic E-state index is 11.8. The molecule has 1 fully saturated rings. The van der Waals surface area contributed by atoms with Crippen molar-refractivity contribution in [1.82, 2.24) is 5.32 Å². The highest BCUT2D eigenvalue weighted by Crippen LogP contribution is 2.30. The molecule has 3 heteroatoms. The molecule has 0 saturated heterocycles. The lowest BCUT2D eigenvalue weighted by atomic mass is 9.87. The van der Waals surface area contributed by atoms with Crippen molar-refractivity contribution in [3.05, 3.63) is 0 Å². The molecule has 3 N–H and O–H groups in total. The van der Waals surface area contributed by atoms with Gasteiger partial charge in [0.1, 0.15) is 0 Å². The number of hydrogen-bond acceptors (Lipinski definition) is 2. The van der Waals surface area contributed by atoms with Crippen LogP contribution in [0.2, 0.25) is 0 Å². The molecular weight excluding hydrogens is 224 g/mol. The maximum absolute atomic E-state index is 11.8. The molecule has 1 saturated carbocycles. The smallest absolute Gasteiger partial charge is 0.221 e. The van der Waals surface area contributed by atoms with E-state index in [-0.39, 0.29) is 17.4 Å². The molecule has 0 spiro atoms. The van der Waals surface area contributed by atoms with Gasteiger partial charge in [-0.15, -0.1) is 0 Å². The van der Waals surface area contributed by atoms with Gasteiger partial charge in [0.2, 0.25) is 5.91 Å². The molecule has 0 radical (unpaired) electrons. The van der Waals surface area contributed by atoms with Crippen molar-refractivity contribution in [3.8, 4) is 0 Å². The zero-order chi connectivity index (χ0) is 13.8. The second-order valence-electron chi connectivity index (χ2n) is 7.20. The summed E-state index contributed by atoms with van der Waals surface area (Å²) in [6.07, 6.45) is 5.23. The van der Waals surface area contributed by atoms with Gasteiger partial charge in [-0.1, -0.05) is 40.5 Å². The van der Waals surface area contributed by atoms with Crippen molar-refractivity contribution in [2.45, 2.75) is 65.8 Å². The Labute approximate surface area is 112 Å². The first-order valence-corrected chi connectivity index (χ1v) is 7.30. The van der Waals surface area contributed by atoms with Gasteiger partial charge in [0.25, 0.3) is 0 Å². The zero-order valence-electron chi connectivity index (χ0n) is 12.5. The number of amides is 1. The number of rotatable bonds is 5. The Hall–Kier alpha value is -0.570. The summed E-state index contributed by atoms with van der Waals surface area (Å²) in [6.45, 7) is 9.60. The highest BCUT2D eigenvalue weighted by atomic mass is 16.1. The number of nitrogens with two attached hydrogens (primary N) is 1. The summed E-state index contributed by atoms with van der Waals surface area (Å²) < 4.78 is 0. The molecule has 1 aliphatic rings. The van der Waals surface area contributed by atoms with Gasteiger partial charge < -0.3 is 11.1 Å². The van der Waals surface area contributed by atoms with Crippen LogP contribution >= 0.6 is 0 Å². The molecule has 18 heavy (non-hydrogen) atoms. The molecule has 3 atom stereocenters. The molecule has 3 unspecified atom stereocenters. The van der Waals surface area contributed by atoms with Gasteiger partial charge in [0, 0.05) is 19.0 Å². The van der Waals surface area contributed by atoms with Gasteiger partial charge >= 0.3 is 0 Å². The van der Waals surface area contributed by atoms with Crippen LogP contribution in [0, 0.1) is 17.3 Å². The minimum absolute atomic E-state index is 0.0222. The molecule has 1 amide bonds. The first-order valence-electron chi connectivity index (χ1n) is 7.30. The van der Waals surface area contributed by atoms with Crippen LogP contribution in [0.4, 0.5) is 0 Å². The van der Waals surface area contributed by atoms with Gasteiger partial charge in [0.05, 0.1) is 0 Å². The molecule has 0 aromatic carbocycles. The van der Waals surface area contributed by atoms with E-state index in [1.54, 1.807) is 0 Å². The van der Waals surface area contributed by atoms with Crippen molar-refractivity contribution in [2.24, 2.45) is 23.0 Å². The second kappa shape index (κ2) is 6.55. The monoisotopic (exact) mass is 254 g/mol. The Morgan fingerprint density at radius 2 is 2.06 bits per heavy atom. The van der Waals surface area contributed by atoms with Gasteiger partial charge in [-0.25, -0.2) is 0 Å². The fourth-order valence-electron chi connectivity index (χ4n) is 2.94. The zero-order valence-corrected chi connectivity index (χ0v) is 12.5. The SMILES string of the molecule is CC1CCCC1CNC(=O)CC(N)CC(C)(C)C. The van der Waals surface area contributed by atoms with Crippen LogP contribution in [0.25, 0.3) is 0 Å². The predicted octanol–water partition coefficient (Wildman–Crippen LogP) is 2.69. The lowest BCUT2D eigenvalue weighted by Gasteiger charge is -2.23. The summed E-state index contributed by atoms with van der Waals surface area (Å²) in [7, 11) is 0. The van der Waals surface area contributed by atoms with E-state index in [1.165, 1.54) is 19.3 Å². The van der Waals surface area contributed by atoms with E-state index in [0.29, 0.717) is 12.3 Å². The summed E-state index contributed by atoms with van der Waals surface area (Å²) in [5.41, 5.74) is 6.21. The van der Waals surface area contributed by atoms with E-state index in [1.807, 2.05) is 0 Å². The largest absolute Gasteiger partial charge is 0.356 e. The van der Waals surface area contributed by atoms with Crippen LogP contribution in [0.3, 0.4) is 0 Å². The van der Waals surface area contributed by atoms with Crippen molar-refractivity contribution in [1.29, 1.82) is 0 Å². The normalized spacial score (nSPS) is 26.1. The molecular formula is C15H30N2O. The minimum Gasteiger partial charge on any atom is -0.356 e. The first kappa shape index (κ1) is 15.5. The summed E-state index contributed by atoms with van der Waals surface area (Å²) in [5, 5.41) is 3.05. The van der Waals surface area contributed by atoms with Gasteiger partial charge in [-0.05, 0) is 30.1 Å². The fourth-order valence-corrected chi connectivity index (χ4v) is 2.94. The number of hydrogen-bond donors (Lipinski definition) is 2. The minimum atomic E-state index is -0.0222. The summed E-state index contributed by atoms with van der Waals surface area (Å²) in [4.78, 5) is 11.8. The van der Waals surface area contributed by atoms with Crippen LogP contribution in [0.1, 0.15) is 59.8 Å². The maximum Gasteiger partial charge on any atom is 0.221 e. The van der Waals surface area contributed by atoms with Crippen LogP contribution < -0.4 is 11.1 Å². The third kappa shape index (κ3) is 5.85. The van der Waals surface area contributed by atoms with Crippen LogP contribution in [-0.2, 0) is 4.79 Å². The van der Waals surface area contributed by atoms with Crippen LogP contribution in [0.15, 0.2) is 0 Å². The highest BCUT2D eigenvalue weighted by Gasteiger charge is 2.24. The summed E-state index contributed by atoms with van der Waals surface area (Å²) in [6, 6.07) is -0.0222. The topological polar surface area (TPSA) is 55.1 Å². The van der Waals surface area contributed by atoms with E-state index >= 15 is 0 Å². The van der Waals surface area contributed by atoms with Gasteiger partial charge in [-0.2, -0.15) is 0 Å². The number of nitrogens with one attached hydrogen (secondary N) is 1. The van der Waals surface area contributed by atoms with Crippen LogP contribution in [0.5, 0.6) is 0 Å². The molecule has 0 bridgehead atoms. The molecule has 1 rings (SSSR count).